The molecule has 0 spiro atoms. The van der Waals surface area contributed by atoms with Crippen molar-refractivity contribution in [3.63, 3.8) is 0 Å². The molecular weight excluding hydrogens is 334 g/mol. The van der Waals surface area contributed by atoms with Gasteiger partial charge in [-0.2, -0.15) is 0 Å². The fraction of sp³-hybridized carbons (Fsp3) is 0.700. The van der Waals surface area contributed by atoms with Crippen LogP contribution in [0, 0.1) is 0 Å². The molecule has 0 unspecified atom stereocenters. The number of para-hydroxylation sites is 1. The summed E-state index contributed by atoms with van der Waals surface area (Å²) in [4.78, 5) is 1.02. The molecule has 0 amide bonds. The fourth-order valence-electron chi connectivity index (χ4n) is 3.45. The smallest absolute Gasteiger partial charge is 0.152 e. The lowest BCUT2D eigenvalue weighted by Crippen LogP contribution is -3.07. The second-order valence-electron chi connectivity index (χ2n) is 6.78. The molecule has 0 saturated heterocycles. The van der Waals surface area contributed by atoms with E-state index in [0.717, 1.165) is 42.8 Å². The molecule has 0 aromatic heterocycles. The maximum atomic E-state index is 11.7. The summed E-state index contributed by atoms with van der Waals surface area (Å²) in [6.45, 7) is 7.81. The predicted octanol–water partition coefficient (Wildman–Crippen LogP) is 3.83. The summed E-state index contributed by atoms with van der Waals surface area (Å²) in [5, 5.41) is 0. The Hall–Kier alpha value is -0.910. The zero-order chi connectivity index (χ0) is 18.7. The molecule has 1 aromatic rings. The van der Waals surface area contributed by atoms with Crippen molar-refractivity contribution in [1.29, 1.82) is 0 Å². The van der Waals surface area contributed by atoms with Gasteiger partial charge in [0.05, 0.1) is 13.1 Å². The van der Waals surface area contributed by atoms with E-state index >= 15 is 0 Å². The monoisotopic (exact) mass is 369 g/mol. The van der Waals surface area contributed by atoms with E-state index in [9.17, 15) is 13.0 Å². The molecule has 0 aliphatic heterocycles. The number of quaternary nitrogens is 1. The molecule has 0 heterocycles. The summed E-state index contributed by atoms with van der Waals surface area (Å²) in [7, 11) is -4.44. The van der Waals surface area contributed by atoms with Crippen molar-refractivity contribution in [3.8, 4) is 0 Å². The van der Waals surface area contributed by atoms with E-state index in [1.807, 2.05) is 19.9 Å². The van der Waals surface area contributed by atoms with Gasteiger partial charge in [0.1, 0.15) is 15.0 Å². The van der Waals surface area contributed by atoms with Crippen molar-refractivity contribution >= 4 is 15.8 Å². The number of hydrogen-bond acceptors (Lipinski definition) is 3. The lowest BCUT2D eigenvalue weighted by Gasteiger charge is -2.22. The van der Waals surface area contributed by atoms with Gasteiger partial charge in [-0.25, -0.2) is 8.42 Å². The number of benzene rings is 1. The predicted molar refractivity (Wildman–Crippen MR) is 102 cm³/mol. The zero-order valence-electron chi connectivity index (χ0n) is 16.1. The van der Waals surface area contributed by atoms with Gasteiger partial charge >= 0.3 is 0 Å². The third kappa shape index (κ3) is 7.47. The first kappa shape index (κ1) is 22.1. The Bertz CT molecular complexity index is 595. The molecule has 0 bridgehead atoms. The molecule has 144 valence electrons. The second kappa shape index (κ2) is 11.7. The molecule has 25 heavy (non-hydrogen) atoms. The number of rotatable bonds is 13. The van der Waals surface area contributed by atoms with E-state index < -0.39 is 10.1 Å². The summed E-state index contributed by atoms with van der Waals surface area (Å²) in [5.41, 5.74) is 1.71. The standard InChI is InChI=1S/C20H35NO3S/c1-4-7-8-9-10-11-12-13-15-18-16-14-17-19(25(22,23)24)20(18)21(5-2)6-3/h14,16-17H,4-13,15H2,1-3H3,(H,22,23,24). The van der Waals surface area contributed by atoms with E-state index in [4.69, 9.17) is 0 Å². The van der Waals surface area contributed by atoms with Gasteiger partial charge in [-0.15, -0.1) is 0 Å². The van der Waals surface area contributed by atoms with Gasteiger partial charge in [-0.1, -0.05) is 64.0 Å². The SMILES string of the molecule is CCCCCCCCCCc1cccc(S(=O)(=O)[O-])c1[NH+](CC)CC. The average molecular weight is 370 g/mol. The number of aryl methyl sites for hydroxylation is 1. The molecule has 0 fully saturated rings. The van der Waals surface area contributed by atoms with Crippen molar-refractivity contribution in [2.75, 3.05) is 13.1 Å². The minimum Gasteiger partial charge on any atom is -0.744 e. The molecule has 1 rings (SSSR count). The minimum absolute atomic E-state index is 0.0386. The molecule has 0 atom stereocenters. The van der Waals surface area contributed by atoms with Crippen LogP contribution in [0.5, 0.6) is 0 Å². The first-order chi connectivity index (χ1) is 12.0. The molecule has 0 radical (unpaired) electrons. The lowest BCUT2D eigenvalue weighted by molar-refractivity contribution is -0.830. The summed E-state index contributed by atoms with van der Waals surface area (Å²) < 4.78 is 35.0. The van der Waals surface area contributed by atoms with Gasteiger partial charge in [-0.3, -0.25) is 0 Å². The van der Waals surface area contributed by atoms with Crippen molar-refractivity contribution in [3.05, 3.63) is 23.8 Å². The maximum Gasteiger partial charge on any atom is 0.152 e. The van der Waals surface area contributed by atoms with Gasteiger partial charge in [0.15, 0.2) is 5.69 Å². The highest BCUT2D eigenvalue weighted by molar-refractivity contribution is 7.85. The first-order valence-electron chi connectivity index (χ1n) is 9.88. The van der Waals surface area contributed by atoms with Crippen LogP contribution in [0.4, 0.5) is 5.69 Å². The highest BCUT2D eigenvalue weighted by atomic mass is 32.2. The van der Waals surface area contributed by atoms with Crippen LogP contribution in [0.2, 0.25) is 0 Å². The Labute approximate surface area is 154 Å². The third-order valence-electron chi connectivity index (χ3n) is 4.89. The normalized spacial score (nSPS) is 12.0. The number of nitrogens with one attached hydrogen (secondary N) is 1. The van der Waals surface area contributed by atoms with Crippen LogP contribution in [-0.4, -0.2) is 26.1 Å². The number of hydrogen-bond donors (Lipinski definition) is 1. The molecule has 1 aromatic carbocycles. The molecule has 4 nitrogen and oxygen atoms in total. The Kier molecular flexibility index (Phi) is 10.3. The van der Waals surface area contributed by atoms with Gasteiger partial charge in [0.2, 0.25) is 0 Å². The third-order valence-corrected chi connectivity index (χ3v) is 5.77. The Balaban J connectivity index is 2.73. The van der Waals surface area contributed by atoms with E-state index in [1.54, 1.807) is 6.07 Å². The summed E-state index contributed by atoms with van der Waals surface area (Å²) in [6, 6.07) is 5.15. The highest BCUT2D eigenvalue weighted by Crippen LogP contribution is 2.24. The van der Waals surface area contributed by atoms with Gasteiger partial charge < -0.3 is 9.45 Å². The average Bonchev–Trinajstić information content (AvgIpc) is 2.58. The minimum atomic E-state index is -4.44. The van der Waals surface area contributed by atoms with Crippen LogP contribution < -0.4 is 4.90 Å². The summed E-state index contributed by atoms with van der Waals surface area (Å²) >= 11 is 0. The molecule has 1 N–H and O–H groups in total. The van der Waals surface area contributed by atoms with E-state index in [1.165, 1.54) is 44.6 Å². The molecular formula is C20H35NO3S. The first-order valence-corrected chi connectivity index (χ1v) is 11.3. The van der Waals surface area contributed by atoms with Crippen molar-refractivity contribution < 1.29 is 17.9 Å². The van der Waals surface area contributed by atoms with Crippen molar-refractivity contribution in [2.24, 2.45) is 0 Å². The number of unbranched alkanes of at least 4 members (excludes halogenated alkanes) is 7. The van der Waals surface area contributed by atoms with Crippen LogP contribution in [0.15, 0.2) is 23.1 Å². The maximum absolute atomic E-state index is 11.7. The van der Waals surface area contributed by atoms with Crippen LogP contribution in [0.25, 0.3) is 0 Å². The summed E-state index contributed by atoms with van der Waals surface area (Å²) in [5.74, 6) is 0. The Morgan fingerprint density at radius 3 is 1.96 bits per heavy atom. The fourth-order valence-corrected chi connectivity index (χ4v) is 4.22. The van der Waals surface area contributed by atoms with E-state index in [-0.39, 0.29) is 4.90 Å². The highest BCUT2D eigenvalue weighted by Gasteiger charge is 2.21. The Morgan fingerprint density at radius 1 is 0.880 bits per heavy atom. The van der Waals surface area contributed by atoms with E-state index in [2.05, 4.69) is 6.92 Å². The van der Waals surface area contributed by atoms with Crippen LogP contribution >= 0.6 is 0 Å². The molecule has 0 aliphatic rings. The van der Waals surface area contributed by atoms with Crippen LogP contribution in [0.1, 0.15) is 77.7 Å². The quantitative estimate of drug-likeness (QED) is 0.424. The van der Waals surface area contributed by atoms with Gasteiger partial charge in [0.25, 0.3) is 0 Å². The largest absolute Gasteiger partial charge is 0.744 e. The van der Waals surface area contributed by atoms with Crippen LogP contribution in [-0.2, 0) is 16.5 Å². The topological polar surface area (TPSA) is 61.6 Å². The zero-order valence-corrected chi connectivity index (χ0v) is 17.0. The second-order valence-corrected chi connectivity index (χ2v) is 8.13. The van der Waals surface area contributed by atoms with Gasteiger partial charge in [-0.05, 0) is 32.8 Å². The van der Waals surface area contributed by atoms with E-state index in [0.29, 0.717) is 5.69 Å². The Morgan fingerprint density at radius 2 is 1.44 bits per heavy atom. The van der Waals surface area contributed by atoms with Crippen LogP contribution in [0.3, 0.4) is 0 Å². The molecule has 0 aliphatic carbocycles. The molecule has 5 heteroatoms. The lowest BCUT2D eigenvalue weighted by atomic mass is 10.0. The summed E-state index contributed by atoms with van der Waals surface area (Å²) in [6.07, 6.45) is 10.8. The van der Waals surface area contributed by atoms with Crippen molar-refractivity contribution in [2.45, 2.75) is 83.5 Å². The van der Waals surface area contributed by atoms with Crippen molar-refractivity contribution in [1.82, 2.24) is 0 Å². The van der Waals surface area contributed by atoms with Gasteiger partial charge in [0, 0.05) is 5.56 Å². The molecule has 0 saturated carbocycles.